The van der Waals surface area contributed by atoms with Crippen molar-refractivity contribution in [2.24, 2.45) is 0 Å². The number of hydrogen-bond acceptors (Lipinski definition) is 3. The summed E-state index contributed by atoms with van der Waals surface area (Å²) in [6.45, 7) is 2.32. The summed E-state index contributed by atoms with van der Waals surface area (Å²) < 4.78 is 31.2. The van der Waals surface area contributed by atoms with Crippen molar-refractivity contribution >= 4 is 17.6 Å². The van der Waals surface area contributed by atoms with Gasteiger partial charge in [-0.15, -0.1) is 0 Å². The van der Waals surface area contributed by atoms with Crippen molar-refractivity contribution in [3.8, 4) is 0 Å². The normalized spacial score (nSPS) is 10.3. The smallest absolute Gasteiger partial charge is 0.338 e. The first-order chi connectivity index (χ1) is 11.5. The Hall–Kier alpha value is -2.76. The van der Waals surface area contributed by atoms with Gasteiger partial charge in [-0.3, -0.25) is 4.79 Å². The summed E-state index contributed by atoms with van der Waals surface area (Å²) in [7, 11) is 0. The summed E-state index contributed by atoms with van der Waals surface area (Å²) in [5.74, 6) is -3.21. The monoisotopic (exact) mass is 333 g/mol. The molecule has 2 rings (SSSR count). The highest BCUT2D eigenvalue weighted by molar-refractivity contribution is 6.04. The number of carbonyl (C=O) groups excluding carboxylic acids is 2. The zero-order chi connectivity index (χ0) is 17.5. The van der Waals surface area contributed by atoms with Crippen molar-refractivity contribution in [1.82, 2.24) is 0 Å². The lowest BCUT2D eigenvalue weighted by Crippen LogP contribution is -2.13. The Kier molecular flexibility index (Phi) is 6.01. The predicted octanol–water partition coefficient (Wildman–Crippen LogP) is 4.17. The summed E-state index contributed by atoms with van der Waals surface area (Å²) in [5, 5.41) is 2.53. The summed E-state index contributed by atoms with van der Waals surface area (Å²) in [4.78, 5) is 23.9. The van der Waals surface area contributed by atoms with Crippen LogP contribution < -0.4 is 5.32 Å². The largest absolute Gasteiger partial charge is 0.462 e. The molecule has 1 amide bonds. The number of unbranched alkanes of at least 4 members (excludes halogenated alkanes) is 1. The van der Waals surface area contributed by atoms with Crippen LogP contribution in [0.1, 0.15) is 40.5 Å². The molecular formula is C18H17F2NO3. The molecule has 0 bridgehead atoms. The van der Waals surface area contributed by atoms with Gasteiger partial charge in [0, 0.05) is 11.3 Å². The van der Waals surface area contributed by atoms with Crippen LogP contribution >= 0.6 is 0 Å². The van der Waals surface area contributed by atoms with Gasteiger partial charge < -0.3 is 10.1 Å². The Labute approximate surface area is 138 Å². The SMILES string of the molecule is CCCCOC(=O)c1cccc(NC(=O)c2ccc(F)c(F)c2)c1. The first-order valence-corrected chi connectivity index (χ1v) is 7.55. The second-order valence-electron chi connectivity index (χ2n) is 5.15. The van der Waals surface area contributed by atoms with E-state index in [1.165, 1.54) is 12.1 Å². The molecule has 0 aromatic heterocycles. The van der Waals surface area contributed by atoms with E-state index in [-0.39, 0.29) is 5.56 Å². The molecule has 2 aromatic rings. The predicted molar refractivity (Wildman–Crippen MR) is 85.9 cm³/mol. The van der Waals surface area contributed by atoms with Gasteiger partial charge in [0.1, 0.15) is 0 Å². The lowest BCUT2D eigenvalue weighted by atomic mass is 10.1. The highest BCUT2D eigenvalue weighted by Crippen LogP contribution is 2.15. The van der Waals surface area contributed by atoms with Gasteiger partial charge in [0.2, 0.25) is 0 Å². The molecule has 24 heavy (non-hydrogen) atoms. The van der Waals surface area contributed by atoms with E-state index in [2.05, 4.69) is 5.32 Å². The van der Waals surface area contributed by atoms with E-state index < -0.39 is 23.5 Å². The van der Waals surface area contributed by atoms with Crippen LogP contribution in [0.3, 0.4) is 0 Å². The molecule has 0 heterocycles. The Balaban J connectivity index is 2.07. The van der Waals surface area contributed by atoms with Gasteiger partial charge in [-0.2, -0.15) is 0 Å². The van der Waals surface area contributed by atoms with Gasteiger partial charge in [-0.25, -0.2) is 13.6 Å². The van der Waals surface area contributed by atoms with E-state index in [1.807, 2.05) is 6.92 Å². The van der Waals surface area contributed by atoms with Crippen LogP contribution in [0.4, 0.5) is 14.5 Å². The number of esters is 1. The average Bonchev–Trinajstić information content (AvgIpc) is 2.57. The minimum atomic E-state index is -1.10. The van der Waals surface area contributed by atoms with Crippen LogP contribution in [-0.4, -0.2) is 18.5 Å². The summed E-state index contributed by atoms with van der Waals surface area (Å²) >= 11 is 0. The molecule has 0 radical (unpaired) electrons. The Morgan fingerprint density at radius 3 is 2.54 bits per heavy atom. The fraction of sp³-hybridized carbons (Fsp3) is 0.222. The molecule has 1 N–H and O–H groups in total. The van der Waals surface area contributed by atoms with Crippen molar-refractivity contribution in [2.45, 2.75) is 19.8 Å². The zero-order valence-corrected chi connectivity index (χ0v) is 13.1. The fourth-order valence-corrected chi connectivity index (χ4v) is 1.96. The van der Waals surface area contributed by atoms with E-state index in [9.17, 15) is 18.4 Å². The van der Waals surface area contributed by atoms with Crippen molar-refractivity contribution in [2.75, 3.05) is 11.9 Å². The lowest BCUT2D eigenvalue weighted by Gasteiger charge is -2.08. The van der Waals surface area contributed by atoms with Crippen LogP contribution in [-0.2, 0) is 4.74 Å². The highest BCUT2D eigenvalue weighted by atomic mass is 19.2. The van der Waals surface area contributed by atoms with Gasteiger partial charge in [-0.05, 0) is 42.8 Å². The molecule has 0 fully saturated rings. The number of hydrogen-bond donors (Lipinski definition) is 1. The Bertz CT molecular complexity index is 747. The third-order valence-corrected chi connectivity index (χ3v) is 3.27. The van der Waals surface area contributed by atoms with Crippen molar-refractivity contribution in [1.29, 1.82) is 0 Å². The highest BCUT2D eigenvalue weighted by Gasteiger charge is 2.12. The number of benzene rings is 2. The minimum absolute atomic E-state index is 0.0233. The summed E-state index contributed by atoms with van der Waals surface area (Å²) in [6.07, 6.45) is 1.69. The molecule has 126 valence electrons. The number of carbonyl (C=O) groups is 2. The maximum atomic E-state index is 13.2. The second kappa shape index (κ2) is 8.19. The number of halogens is 2. The number of ether oxygens (including phenoxy) is 1. The second-order valence-corrected chi connectivity index (χ2v) is 5.15. The topological polar surface area (TPSA) is 55.4 Å². The Morgan fingerprint density at radius 2 is 1.83 bits per heavy atom. The maximum Gasteiger partial charge on any atom is 0.338 e. The summed E-state index contributed by atoms with van der Waals surface area (Å²) in [6, 6.07) is 9.08. The number of amides is 1. The number of anilines is 1. The average molecular weight is 333 g/mol. The van der Waals surface area contributed by atoms with Crippen LogP contribution in [0.5, 0.6) is 0 Å². The van der Waals surface area contributed by atoms with Gasteiger partial charge in [0.25, 0.3) is 5.91 Å². The molecule has 0 aliphatic carbocycles. The molecule has 0 unspecified atom stereocenters. The van der Waals surface area contributed by atoms with Crippen LogP contribution in [0.25, 0.3) is 0 Å². The molecule has 0 atom stereocenters. The van der Waals surface area contributed by atoms with Crippen LogP contribution in [0.15, 0.2) is 42.5 Å². The maximum absolute atomic E-state index is 13.2. The molecule has 6 heteroatoms. The molecule has 0 aliphatic rings. The van der Waals surface area contributed by atoms with E-state index >= 15 is 0 Å². The van der Waals surface area contributed by atoms with Crippen LogP contribution in [0.2, 0.25) is 0 Å². The molecule has 4 nitrogen and oxygen atoms in total. The number of rotatable bonds is 6. The van der Waals surface area contributed by atoms with E-state index in [4.69, 9.17) is 4.74 Å². The third kappa shape index (κ3) is 4.62. The first kappa shape index (κ1) is 17.6. The fourth-order valence-electron chi connectivity index (χ4n) is 1.96. The standard InChI is InChI=1S/C18H17F2NO3/c1-2-3-9-24-18(23)13-5-4-6-14(10-13)21-17(22)12-7-8-15(19)16(20)11-12/h4-8,10-11H,2-3,9H2,1H3,(H,21,22). The van der Waals surface area contributed by atoms with Gasteiger partial charge in [0.05, 0.1) is 12.2 Å². The quantitative estimate of drug-likeness (QED) is 0.637. The lowest BCUT2D eigenvalue weighted by molar-refractivity contribution is 0.0499. The molecular weight excluding hydrogens is 316 g/mol. The van der Waals surface area contributed by atoms with Crippen LogP contribution in [0, 0.1) is 11.6 Å². The Morgan fingerprint density at radius 1 is 1.04 bits per heavy atom. The first-order valence-electron chi connectivity index (χ1n) is 7.55. The van der Waals surface area contributed by atoms with Gasteiger partial charge in [0.15, 0.2) is 11.6 Å². The van der Waals surface area contributed by atoms with Crippen molar-refractivity contribution < 1.29 is 23.1 Å². The van der Waals surface area contributed by atoms with E-state index in [0.29, 0.717) is 17.9 Å². The van der Waals surface area contributed by atoms with Crippen molar-refractivity contribution in [3.63, 3.8) is 0 Å². The van der Waals surface area contributed by atoms with E-state index in [1.54, 1.807) is 18.2 Å². The molecule has 0 saturated carbocycles. The zero-order valence-electron chi connectivity index (χ0n) is 13.1. The van der Waals surface area contributed by atoms with Crippen molar-refractivity contribution in [3.05, 3.63) is 65.2 Å². The van der Waals surface area contributed by atoms with E-state index in [0.717, 1.165) is 25.0 Å². The number of nitrogens with one attached hydrogen (secondary N) is 1. The van der Waals surface area contributed by atoms with Gasteiger partial charge in [-0.1, -0.05) is 19.4 Å². The van der Waals surface area contributed by atoms with Gasteiger partial charge >= 0.3 is 5.97 Å². The molecule has 0 aliphatic heterocycles. The summed E-state index contributed by atoms with van der Waals surface area (Å²) in [5.41, 5.74) is 0.633. The minimum Gasteiger partial charge on any atom is -0.462 e. The third-order valence-electron chi connectivity index (χ3n) is 3.27. The molecule has 0 spiro atoms. The molecule has 0 saturated heterocycles. The molecule has 2 aromatic carbocycles.